The molecule has 2 rings (SSSR count). The number of rotatable bonds is 6. The van der Waals surface area contributed by atoms with Crippen molar-refractivity contribution in [3.8, 4) is 5.75 Å². The van der Waals surface area contributed by atoms with Crippen molar-refractivity contribution >= 4 is 27.3 Å². The Labute approximate surface area is 139 Å². The van der Waals surface area contributed by atoms with Crippen molar-refractivity contribution in [2.24, 2.45) is 0 Å². The molecule has 1 heterocycles. The normalized spacial score (nSPS) is 14.2. The number of benzene rings is 1. The maximum Gasteiger partial charge on any atom is 0.120 e. The summed E-state index contributed by atoms with van der Waals surface area (Å²) in [6.07, 6.45) is 0.200. The molecule has 2 aromatic rings. The fourth-order valence-corrected chi connectivity index (χ4v) is 3.68. The van der Waals surface area contributed by atoms with Crippen molar-refractivity contribution in [2.75, 3.05) is 0 Å². The first-order chi connectivity index (χ1) is 9.95. The van der Waals surface area contributed by atoms with E-state index < -0.39 is 0 Å². The lowest BCUT2D eigenvalue weighted by Crippen LogP contribution is -2.21. The summed E-state index contributed by atoms with van der Waals surface area (Å²) in [7, 11) is 0. The van der Waals surface area contributed by atoms with E-state index in [-0.39, 0.29) is 12.1 Å². The quantitative estimate of drug-likeness (QED) is 0.705. The van der Waals surface area contributed by atoms with Gasteiger partial charge in [-0.2, -0.15) is 0 Å². The molecule has 114 valence electrons. The van der Waals surface area contributed by atoms with Crippen LogP contribution in [0.25, 0.3) is 0 Å². The molecule has 2 nitrogen and oxygen atoms in total. The molecule has 2 atom stereocenters. The molecular formula is C17H22BrNOS. The van der Waals surface area contributed by atoms with Crippen LogP contribution in [0, 0.1) is 0 Å². The molecule has 0 fully saturated rings. The lowest BCUT2D eigenvalue weighted by molar-refractivity contribution is 0.242. The Hall–Kier alpha value is -0.840. The van der Waals surface area contributed by atoms with Gasteiger partial charge in [-0.25, -0.2) is 0 Å². The number of thiophene rings is 1. The molecule has 0 amide bonds. The van der Waals surface area contributed by atoms with Crippen LogP contribution in [0.15, 0.2) is 40.2 Å². The summed E-state index contributed by atoms with van der Waals surface area (Å²) in [5.74, 6) is 0.933. The lowest BCUT2D eigenvalue weighted by atomic mass is 10.1. The lowest BCUT2D eigenvalue weighted by Gasteiger charge is -2.20. The van der Waals surface area contributed by atoms with E-state index in [2.05, 4.69) is 65.4 Å². The third-order valence-electron chi connectivity index (χ3n) is 3.25. The van der Waals surface area contributed by atoms with Gasteiger partial charge in [-0.3, -0.25) is 0 Å². The van der Waals surface area contributed by atoms with Crippen molar-refractivity contribution in [2.45, 2.75) is 45.9 Å². The highest BCUT2D eigenvalue weighted by atomic mass is 79.9. The Kier molecular flexibility index (Phi) is 5.85. The average Bonchev–Trinajstić information content (AvgIpc) is 2.85. The van der Waals surface area contributed by atoms with Gasteiger partial charge in [-0.05, 0) is 73.5 Å². The van der Waals surface area contributed by atoms with E-state index in [1.807, 2.05) is 19.9 Å². The first-order valence-corrected chi connectivity index (χ1v) is 8.84. The summed E-state index contributed by atoms with van der Waals surface area (Å²) in [4.78, 5) is 1.34. The van der Waals surface area contributed by atoms with Crippen LogP contribution in [-0.4, -0.2) is 6.10 Å². The molecule has 4 heteroatoms. The molecule has 0 aliphatic heterocycles. The number of halogens is 1. The van der Waals surface area contributed by atoms with E-state index in [0.717, 1.165) is 5.75 Å². The number of hydrogen-bond acceptors (Lipinski definition) is 3. The maximum atomic E-state index is 5.77. The molecule has 0 radical (unpaired) electrons. The van der Waals surface area contributed by atoms with Gasteiger partial charge >= 0.3 is 0 Å². The second-order valence-corrected chi connectivity index (χ2v) is 7.99. The van der Waals surface area contributed by atoms with E-state index in [1.165, 1.54) is 14.2 Å². The highest BCUT2D eigenvalue weighted by Crippen LogP contribution is 2.29. The van der Waals surface area contributed by atoms with Crippen LogP contribution < -0.4 is 10.1 Å². The Morgan fingerprint density at radius 2 is 1.81 bits per heavy atom. The predicted molar refractivity (Wildman–Crippen MR) is 94.2 cm³/mol. The molecule has 21 heavy (non-hydrogen) atoms. The molecular weight excluding hydrogens is 346 g/mol. The summed E-state index contributed by atoms with van der Waals surface area (Å²) >= 11 is 5.29. The Bertz CT molecular complexity index is 582. The summed E-state index contributed by atoms with van der Waals surface area (Å²) < 4.78 is 6.94. The smallest absolute Gasteiger partial charge is 0.120 e. The van der Waals surface area contributed by atoms with Crippen molar-refractivity contribution in [3.63, 3.8) is 0 Å². The average molecular weight is 368 g/mol. The van der Waals surface area contributed by atoms with Crippen LogP contribution in [0.3, 0.4) is 0 Å². The zero-order valence-electron chi connectivity index (χ0n) is 12.9. The van der Waals surface area contributed by atoms with E-state index >= 15 is 0 Å². The van der Waals surface area contributed by atoms with Crippen LogP contribution in [0.4, 0.5) is 0 Å². The molecule has 0 spiro atoms. The van der Waals surface area contributed by atoms with Crippen molar-refractivity contribution in [1.29, 1.82) is 0 Å². The van der Waals surface area contributed by atoms with Crippen LogP contribution in [-0.2, 0) is 0 Å². The molecule has 0 aliphatic carbocycles. The van der Waals surface area contributed by atoms with Gasteiger partial charge in [-0.1, -0.05) is 12.1 Å². The summed E-state index contributed by atoms with van der Waals surface area (Å²) in [6.45, 7) is 8.48. The molecule has 1 aromatic carbocycles. The van der Waals surface area contributed by atoms with Gasteiger partial charge in [0.05, 0.1) is 9.89 Å². The van der Waals surface area contributed by atoms with Crippen LogP contribution >= 0.6 is 27.3 Å². The molecule has 0 saturated carbocycles. The standard InChI is InChI=1S/C17H22BrNOS/c1-11(2)20-15-7-5-6-14(10-15)12(3)19-13(4)16-8-9-17(18)21-16/h5-13,19H,1-4H3. The first kappa shape index (κ1) is 16.5. The van der Waals surface area contributed by atoms with Crippen molar-refractivity contribution in [3.05, 3.63) is 50.6 Å². The number of ether oxygens (including phenoxy) is 1. The highest BCUT2D eigenvalue weighted by molar-refractivity contribution is 9.11. The minimum absolute atomic E-state index is 0.200. The van der Waals surface area contributed by atoms with Crippen LogP contribution in [0.2, 0.25) is 0 Å². The van der Waals surface area contributed by atoms with Crippen LogP contribution in [0.5, 0.6) is 5.75 Å². The molecule has 1 aromatic heterocycles. The summed E-state index contributed by atoms with van der Waals surface area (Å²) in [5.41, 5.74) is 1.25. The largest absolute Gasteiger partial charge is 0.491 e. The third kappa shape index (κ3) is 4.83. The van der Waals surface area contributed by atoms with Gasteiger partial charge in [-0.15, -0.1) is 11.3 Å². The van der Waals surface area contributed by atoms with Gasteiger partial charge in [0.2, 0.25) is 0 Å². The Balaban J connectivity index is 2.04. The van der Waals surface area contributed by atoms with Gasteiger partial charge < -0.3 is 10.1 Å². The molecule has 0 saturated heterocycles. The van der Waals surface area contributed by atoms with Crippen LogP contribution in [0.1, 0.15) is 50.2 Å². The van der Waals surface area contributed by atoms with E-state index in [1.54, 1.807) is 11.3 Å². The van der Waals surface area contributed by atoms with Crippen molar-refractivity contribution in [1.82, 2.24) is 5.32 Å². The topological polar surface area (TPSA) is 21.3 Å². The zero-order valence-corrected chi connectivity index (χ0v) is 15.3. The predicted octanol–water partition coefficient (Wildman–Crippen LogP) is 5.71. The van der Waals surface area contributed by atoms with Gasteiger partial charge in [0.1, 0.15) is 5.75 Å². The number of hydrogen-bond donors (Lipinski definition) is 1. The Morgan fingerprint density at radius 1 is 1.05 bits per heavy atom. The Morgan fingerprint density at radius 3 is 2.43 bits per heavy atom. The third-order valence-corrected chi connectivity index (χ3v) is 5.06. The van der Waals surface area contributed by atoms with Gasteiger partial charge in [0, 0.05) is 17.0 Å². The van der Waals surface area contributed by atoms with Gasteiger partial charge in [0.15, 0.2) is 0 Å². The molecule has 0 aliphatic rings. The molecule has 1 N–H and O–H groups in total. The SMILES string of the molecule is CC(C)Oc1cccc(C(C)NC(C)c2ccc(Br)s2)c1. The second-order valence-electron chi connectivity index (χ2n) is 5.49. The first-order valence-electron chi connectivity index (χ1n) is 7.23. The zero-order chi connectivity index (χ0) is 15.4. The fraction of sp³-hybridized carbons (Fsp3) is 0.412. The second kappa shape index (κ2) is 7.43. The minimum Gasteiger partial charge on any atom is -0.491 e. The fourth-order valence-electron chi connectivity index (χ4n) is 2.24. The summed E-state index contributed by atoms with van der Waals surface area (Å²) in [6, 6.07) is 13.2. The van der Waals surface area contributed by atoms with E-state index in [4.69, 9.17) is 4.74 Å². The summed E-state index contributed by atoms with van der Waals surface area (Å²) in [5, 5.41) is 3.64. The van der Waals surface area contributed by atoms with Crippen molar-refractivity contribution < 1.29 is 4.74 Å². The molecule has 2 unspecified atom stereocenters. The minimum atomic E-state index is 0.200. The number of nitrogens with one attached hydrogen (secondary N) is 1. The molecule has 0 bridgehead atoms. The van der Waals surface area contributed by atoms with E-state index in [9.17, 15) is 0 Å². The highest BCUT2D eigenvalue weighted by Gasteiger charge is 2.13. The monoisotopic (exact) mass is 367 g/mol. The van der Waals surface area contributed by atoms with Gasteiger partial charge in [0.25, 0.3) is 0 Å². The maximum absolute atomic E-state index is 5.77. The van der Waals surface area contributed by atoms with E-state index in [0.29, 0.717) is 6.04 Å².